The minimum Gasteiger partial charge on any atom is -0.456 e. The van der Waals surface area contributed by atoms with Gasteiger partial charge in [0.1, 0.15) is 11.2 Å². The highest BCUT2D eigenvalue weighted by Gasteiger charge is 2.38. The zero-order valence-corrected chi connectivity index (χ0v) is 34.1. The lowest BCUT2D eigenvalue weighted by Gasteiger charge is -2.42. The summed E-state index contributed by atoms with van der Waals surface area (Å²) >= 11 is 0. The topological polar surface area (TPSA) is 56.7 Å². The van der Waals surface area contributed by atoms with E-state index >= 15 is 0 Å². The minimum absolute atomic E-state index is 0.101. The maximum absolute atomic E-state index is 6.31. The van der Waals surface area contributed by atoms with Gasteiger partial charge in [0.2, 0.25) is 0 Å². The molecule has 0 aliphatic heterocycles. The van der Waals surface area contributed by atoms with Crippen LogP contribution < -0.4 is 0 Å². The van der Waals surface area contributed by atoms with Gasteiger partial charge in [-0.25, -0.2) is 15.0 Å². The van der Waals surface area contributed by atoms with Gasteiger partial charge in [0.05, 0.1) is 11.0 Å². The van der Waals surface area contributed by atoms with Gasteiger partial charge in [-0.1, -0.05) is 131 Å². The lowest BCUT2D eigenvalue weighted by atomic mass is 9.63. The second kappa shape index (κ2) is 12.7. The number of aromatic nitrogens is 4. The molecule has 3 heterocycles. The summed E-state index contributed by atoms with van der Waals surface area (Å²) in [5, 5.41) is 9.20. The Morgan fingerprint density at radius 1 is 0.450 bits per heavy atom. The molecule has 60 heavy (non-hydrogen) atoms. The Labute approximate surface area is 348 Å². The largest absolute Gasteiger partial charge is 0.456 e. The van der Waals surface area contributed by atoms with Gasteiger partial charge < -0.3 is 8.98 Å². The zero-order valence-electron chi connectivity index (χ0n) is 34.1. The summed E-state index contributed by atoms with van der Waals surface area (Å²) in [6.45, 7) is 9.64. The third kappa shape index (κ3) is 5.35. The van der Waals surface area contributed by atoms with Crippen LogP contribution in [0.25, 0.3) is 105 Å². The molecule has 3 aromatic heterocycles. The van der Waals surface area contributed by atoms with E-state index in [9.17, 15) is 0 Å². The zero-order chi connectivity index (χ0) is 40.3. The van der Waals surface area contributed by atoms with Gasteiger partial charge in [0, 0.05) is 43.9 Å². The standard InChI is InChI=1S/C55H42N4O/c1-54(2)26-27-55(3,4)45-32-47-43(31-44(45)54)40-14-7-9-17-46(40)59(47)39-25-24-34-21-23-37(29-38(34)30-39)52-56-51(36-22-20-33-12-5-6-13-35(33)28-36)57-53(58-52)42-16-11-19-49-50(42)41-15-8-10-18-48(41)60-49/h5-25,28-32H,26-27H2,1-4H3. The molecule has 0 saturated heterocycles. The van der Waals surface area contributed by atoms with Crippen molar-refractivity contribution in [3.63, 3.8) is 0 Å². The van der Waals surface area contributed by atoms with Crippen LogP contribution in [0.3, 0.4) is 0 Å². The molecule has 0 atom stereocenters. The lowest BCUT2D eigenvalue weighted by molar-refractivity contribution is 0.332. The maximum Gasteiger partial charge on any atom is 0.164 e. The first-order chi connectivity index (χ1) is 29.2. The van der Waals surface area contributed by atoms with E-state index < -0.39 is 0 Å². The Morgan fingerprint density at radius 3 is 1.83 bits per heavy atom. The van der Waals surface area contributed by atoms with Crippen molar-refractivity contribution in [2.45, 2.75) is 51.4 Å². The Kier molecular flexibility index (Phi) is 7.38. The van der Waals surface area contributed by atoms with Crippen molar-refractivity contribution in [1.82, 2.24) is 19.5 Å². The van der Waals surface area contributed by atoms with E-state index in [1.165, 1.54) is 51.2 Å². The van der Waals surface area contributed by atoms with E-state index in [2.05, 4.69) is 160 Å². The Hall–Kier alpha value is -7.11. The van der Waals surface area contributed by atoms with E-state index in [-0.39, 0.29) is 10.8 Å². The van der Waals surface area contributed by atoms with Gasteiger partial charge >= 0.3 is 0 Å². The van der Waals surface area contributed by atoms with Gasteiger partial charge in [0.25, 0.3) is 0 Å². The van der Waals surface area contributed by atoms with Crippen LogP contribution in [-0.4, -0.2) is 19.5 Å². The predicted octanol–water partition coefficient (Wildman–Crippen LogP) is 14.5. The number of benzene rings is 8. The van der Waals surface area contributed by atoms with Crippen LogP contribution in [0.2, 0.25) is 0 Å². The van der Waals surface area contributed by atoms with E-state index in [0.717, 1.165) is 60.5 Å². The van der Waals surface area contributed by atoms with Crippen molar-refractivity contribution in [2.24, 2.45) is 0 Å². The molecule has 288 valence electrons. The van der Waals surface area contributed by atoms with Crippen molar-refractivity contribution in [3.05, 3.63) is 169 Å². The molecule has 5 heteroatoms. The van der Waals surface area contributed by atoms with Crippen LogP contribution in [0.4, 0.5) is 0 Å². The fraction of sp³-hybridized carbons (Fsp3) is 0.145. The summed E-state index contributed by atoms with van der Waals surface area (Å²) in [6.07, 6.45) is 2.36. The van der Waals surface area contributed by atoms with E-state index in [4.69, 9.17) is 19.4 Å². The molecule has 12 rings (SSSR count). The summed E-state index contributed by atoms with van der Waals surface area (Å²) in [4.78, 5) is 15.7. The summed E-state index contributed by atoms with van der Waals surface area (Å²) < 4.78 is 8.77. The molecular weight excluding hydrogens is 733 g/mol. The van der Waals surface area contributed by atoms with Gasteiger partial charge in [-0.2, -0.15) is 0 Å². The van der Waals surface area contributed by atoms with Gasteiger partial charge in [-0.3, -0.25) is 0 Å². The van der Waals surface area contributed by atoms with E-state index in [1.807, 2.05) is 30.3 Å². The molecular formula is C55H42N4O. The first-order valence-corrected chi connectivity index (χ1v) is 21.0. The summed E-state index contributed by atoms with van der Waals surface area (Å²) in [5.41, 5.74) is 11.2. The highest BCUT2D eigenvalue weighted by atomic mass is 16.3. The van der Waals surface area contributed by atoms with E-state index in [1.54, 1.807) is 0 Å². The van der Waals surface area contributed by atoms with Gasteiger partial charge in [-0.15, -0.1) is 0 Å². The predicted molar refractivity (Wildman–Crippen MR) is 248 cm³/mol. The highest BCUT2D eigenvalue weighted by Crippen LogP contribution is 2.48. The number of hydrogen-bond donors (Lipinski definition) is 0. The van der Waals surface area contributed by atoms with Gasteiger partial charge in [0.15, 0.2) is 17.5 Å². The number of hydrogen-bond acceptors (Lipinski definition) is 4. The number of furan rings is 1. The Morgan fingerprint density at radius 2 is 1.05 bits per heavy atom. The number of rotatable bonds is 4. The second-order valence-corrected chi connectivity index (χ2v) is 17.9. The average molecular weight is 775 g/mol. The number of fused-ring (bicyclic) bond motifs is 9. The molecule has 8 aromatic carbocycles. The molecule has 1 aliphatic carbocycles. The number of para-hydroxylation sites is 2. The van der Waals surface area contributed by atoms with E-state index in [0.29, 0.717) is 17.5 Å². The molecule has 5 nitrogen and oxygen atoms in total. The third-order valence-corrected chi connectivity index (χ3v) is 13.3. The quantitative estimate of drug-likeness (QED) is 0.179. The molecule has 1 aliphatic rings. The van der Waals surface area contributed by atoms with Crippen molar-refractivity contribution in [2.75, 3.05) is 0 Å². The summed E-state index contributed by atoms with van der Waals surface area (Å²) in [7, 11) is 0. The molecule has 0 bridgehead atoms. The van der Waals surface area contributed by atoms with Crippen molar-refractivity contribution in [3.8, 4) is 39.9 Å². The first-order valence-electron chi connectivity index (χ1n) is 21.0. The van der Waals surface area contributed by atoms with Gasteiger partial charge in [-0.05, 0) is 111 Å². The van der Waals surface area contributed by atoms with Crippen LogP contribution in [0, 0.1) is 0 Å². The van der Waals surface area contributed by atoms with Crippen LogP contribution in [0.15, 0.2) is 162 Å². The van der Waals surface area contributed by atoms with Crippen molar-refractivity contribution < 1.29 is 4.42 Å². The molecule has 0 amide bonds. The molecule has 0 saturated carbocycles. The lowest BCUT2D eigenvalue weighted by Crippen LogP contribution is -2.33. The average Bonchev–Trinajstić information content (AvgIpc) is 3.82. The monoisotopic (exact) mass is 774 g/mol. The molecule has 0 fully saturated rings. The fourth-order valence-electron chi connectivity index (χ4n) is 9.86. The smallest absolute Gasteiger partial charge is 0.164 e. The van der Waals surface area contributed by atoms with Crippen molar-refractivity contribution >= 4 is 65.3 Å². The summed E-state index contributed by atoms with van der Waals surface area (Å²) in [5.74, 6) is 1.85. The fourth-order valence-corrected chi connectivity index (χ4v) is 9.86. The molecule has 0 N–H and O–H groups in total. The van der Waals surface area contributed by atoms with Crippen molar-refractivity contribution in [1.29, 1.82) is 0 Å². The summed E-state index contributed by atoms with van der Waals surface area (Å²) in [6, 6.07) is 56.3. The SMILES string of the molecule is CC1(C)CCC(C)(C)c2cc3c(cc21)c1ccccc1n3-c1ccc2ccc(-c3nc(-c4ccc5ccccc5c4)nc(-c4cccc5oc6ccccc6c45)n3)cc2c1. The molecule has 0 spiro atoms. The highest BCUT2D eigenvalue weighted by molar-refractivity contribution is 6.12. The van der Waals surface area contributed by atoms with Crippen LogP contribution >= 0.6 is 0 Å². The Balaban J connectivity index is 1.06. The Bertz CT molecular complexity index is 3570. The van der Waals surface area contributed by atoms with Crippen LogP contribution in [0.1, 0.15) is 51.7 Å². The minimum atomic E-state index is 0.101. The molecule has 11 aromatic rings. The normalized spacial score (nSPS) is 14.8. The van der Waals surface area contributed by atoms with Crippen LogP contribution in [0.5, 0.6) is 0 Å². The van der Waals surface area contributed by atoms with Crippen LogP contribution in [-0.2, 0) is 10.8 Å². The first kappa shape index (κ1) is 34.9. The molecule has 0 radical (unpaired) electrons. The number of nitrogens with zero attached hydrogens (tertiary/aromatic N) is 4. The second-order valence-electron chi connectivity index (χ2n) is 17.9. The molecule has 0 unspecified atom stereocenters. The third-order valence-electron chi connectivity index (χ3n) is 13.3. The maximum atomic E-state index is 6.31.